The van der Waals surface area contributed by atoms with E-state index in [1.807, 2.05) is 33.8 Å². The molecule has 124 valence electrons. The summed E-state index contributed by atoms with van der Waals surface area (Å²) in [6, 6.07) is 0.633. The molecule has 3 heterocycles. The molecule has 2 aliphatic heterocycles. The quantitative estimate of drug-likeness (QED) is 0.838. The summed E-state index contributed by atoms with van der Waals surface area (Å²) in [5.41, 5.74) is 1.14. The molecule has 1 aliphatic carbocycles. The molecule has 0 bridgehead atoms. The molecule has 3 fully saturated rings. The summed E-state index contributed by atoms with van der Waals surface area (Å²) >= 11 is 0. The van der Waals surface area contributed by atoms with Crippen LogP contribution in [0.3, 0.4) is 0 Å². The number of rotatable bonds is 4. The number of amides is 2. The zero-order valence-electron chi connectivity index (χ0n) is 13.6. The van der Waals surface area contributed by atoms with Gasteiger partial charge in [0.25, 0.3) is 0 Å². The molecule has 4 rings (SSSR count). The topological polar surface area (TPSA) is 58.4 Å². The molecule has 3 aliphatic rings. The lowest BCUT2D eigenvalue weighted by atomic mass is 10.1. The Morgan fingerprint density at radius 3 is 2.87 bits per heavy atom. The molecule has 2 saturated heterocycles. The van der Waals surface area contributed by atoms with Gasteiger partial charge >= 0.3 is 0 Å². The number of likely N-dealkylation sites (tertiary alicyclic amines) is 2. The van der Waals surface area contributed by atoms with E-state index >= 15 is 0 Å². The van der Waals surface area contributed by atoms with E-state index in [9.17, 15) is 9.59 Å². The number of nitrogens with zero attached hydrogens (tertiary/aromatic N) is 4. The van der Waals surface area contributed by atoms with E-state index in [4.69, 9.17) is 0 Å². The normalized spacial score (nSPS) is 28.0. The van der Waals surface area contributed by atoms with Gasteiger partial charge < -0.3 is 9.80 Å². The lowest BCUT2D eigenvalue weighted by Crippen LogP contribution is -2.42. The van der Waals surface area contributed by atoms with E-state index in [0.29, 0.717) is 19.0 Å². The summed E-state index contributed by atoms with van der Waals surface area (Å²) in [7, 11) is 0. The standard InChI is InChI=1S/C17H24N4O2/c1-12-8-18-19(9-12)11-15-3-2-6-20(15)17(23)13-7-16(22)21(10-13)14-4-5-14/h8-9,13-15H,2-7,10-11H2,1H3/t13-,15+/m0/s1. The second kappa shape index (κ2) is 5.65. The Kier molecular flexibility index (Phi) is 3.62. The third-order valence-corrected chi connectivity index (χ3v) is 5.32. The highest BCUT2D eigenvalue weighted by Crippen LogP contribution is 2.34. The summed E-state index contributed by atoms with van der Waals surface area (Å²) in [5, 5.41) is 4.34. The van der Waals surface area contributed by atoms with Crippen molar-refractivity contribution in [1.29, 1.82) is 0 Å². The fourth-order valence-corrected chi connectivity index (χ4v) is 3.97. The van der Waals surface area contributed by atoms with Crippen LogP contribution in [0.1, 0.15) is 37.7 Å². The Balaban J connectivity index is 1.41. The van der Waals surface area contributed by atoms with Gasteiger partial charge in [-0.3, -0.25) is 14.3 Å². The second-order valence-corrected chi connectivity index (χ2v) is 7.25. The van der Waals surface area contributed by atoms with Crippen LogP contribution in [0.15, 0.2) is 12.4 Å². The van der Waals surface area contributed by atoms with E-state index in [1.165, 1.54) is 0 Å². The van der Waals surface area contributed by atoms with Crippen molar-refractivity contribution < 1.29 is 9.59 Å². The zero-order chi connectivity index (χ0) is 16.0. The third kappa shape index (κ3) is 2.86. The van der Waals surface area contributed by atoms with Gasteiger partial charge in [-0.05, 0) is 38.2 Å². The molecule has 0 N–H and O–H groups in total. The van der Waals surface area contributed by atoms with E-state index in [0.717, 1.165) is 44.3 Å². The number of hydrogen-bond donors (Lipinski definition) is 0. The number of aryl methyl sites for hydroxylation is 1. The first-order valence-corrected chi connectivity index (χ1v) is 8.71. The van der Waals surface area contributed by atoms with Crippen LogP contribution >= 0.6 is 0 Å². The molecule has 2 atom stereocenters. The molecule has 23 heavy (non-hydrogen) atoms. The number of hydrogen-bond acceptors (Lipinski definition) is 3. The highest BCUT2D eigenvalue weighted by molar-refractivity contribution is 5.89. The minimum absolute atomic E-state index is 0.136. The van der Waals surface area contributed by atoms with Crippen LogP contribution in [-0.4, -0.2) is 56.6 Å². The lowest BCUT2D eigenvalue weighted by molar-refractivity contribution is -0.136. The monoisotopic (exact) mass is 316 g/mol. The van der Waals surface area contributed by atoms with Gasteiger partial charge in [-0.1, -0.05) is 0 Å². The van der Waals surface area contributed by atoms with Crippen molar-refractivity contribution in [2.24, 2.45) is 5.92 Å². The first-order valence-electron chi connectivity index (χ1n) is 8.71. The molecule has 0 radical (unpaired) electrons. The number of carbonyl (C=O) groups is 2. The largest absolute Gasteiger partial charge is 0.339 e. The molecule has 0 aromatic carbocycles. The van der Waals surface area contributed by atoms with E-state index in [2.05, 4.69) is 5.10 Å². The van der Waals surface area contributed by atoms with Gasteiger partial charge in [0, 0.05) is 31.7 Å². The molecule has 1 aromatic heterocycles. The Bertz CT molecular complexity index is 622. The van der Waals surface area contributed by atoms with Crippen LogP contribution in [0.5, 0.6) is 0 Å². The summed E-state index contributed by atoms with van der Waals surface area (Å²) < 4.78 is 1.93. The van der Waals surface area contributed by atoms with Gasteiger partial charge in [-0.2, -0.15) is 5.10 Å². The molecule has 1 saturated carbocycles. The maximum absolute atomic E-state index is 12.9. The van der Waals surface area contributed by atoms with E-state index in [-0.39, 0.29) is 23.8 Å². The van der Waals surface area contributed by atoms with Gasteiger partial charge in [-0.25, -0.2) is 0 Å². The maximum Gasteiger partial charge on any atom is 0.228 e. The summed E-state index contributed by atoms with van der Waals surface area (Å²) in [6.07, 6.45) is 8.56. The average Bonchev–Trinajstić information content (AvgIpc) is 2.92. The smallest absolute Gasteiger partial charge is 0.228 e. The average molecular weight is 316 g/mol. The minimum atomic E-state index is -0.136. The number of aromatic nitrogens is 2. The SMILES string of the molecule is Cc1cnn(C[C@H]2CCCN2C(=O)[C@H]2CC(=O)N(C3CC3)C2)c1. The molecular formula is C17H24N4O2. The fourth-order valence-electron chi connectivity index (χ4n) is 3.97. The second-order valence-electron chi connectivity index (χ2n) is 7.25. The van der Waals surface area contributed by atoms with Crippen LogP contribution in [0.25, 0.3) is 0 Å². The van der Waals surface area contributed by atoms with Crippen molar-refractivity contribution in [2.75, 3.05) is 13.1 Å². The highest BCUT2D eigenvalue weighted by atomic mass is 16.2. The molecule has 2 amide bonds. The molecule has 0 spiro atoms. The lowest BCUT2D eigenvalue weighted by Gasteiger charge is -2.27. The fraction of sp³-hybridized carbons (Fsp3) is 0.706. The molecule has 1 aromatic rings. The highest BCUT2D eigenvalue weighted by Gasteiger charge is 2.44. The Labute approximate surface area is 136 Å². The Morgan fingerprint density at radius 1 is 1.35 bits per heavy atom. The van der Waals surface area contributed by atoms with Crippen LogP contribution < -0.4 is 0 Å². The van der Waals surface area contributed by atoms with Crippen molar-refractivity contribution in [2.45, 2.75) is 57.7 Å². The van der Waals surface area contributed by atoms with Crippen LogP contribution in [0, 0.1) is 12.8 Å². The van der Waals surface area contributed by atoms with Crippen molar-refractivity contribution in [1.82, 2.24) is 19.6 Å². The van der Waals surface area contributed by atoms with Crippen LogP contribution in [0.2, 0.25) is 0 Å². The zero-order valence-corrected chi connectivity index (χ0v) is 13.6. The van der Waals surface area contributed by atoms with Crippen molar-refractivity contribution >= 4 is 11.8 Å². The van der Waals surface area contributed by atoms with E-state index < -0.39 is 0 Å². The summed E-state index contributed by atoms with van der Waals surface area (Å²) in [5.74, 6) is 0.209. The predicted molar refractivity (Wildman–Crippen MR) is 84.5 cm³/mol. The molecule has 6 heteroatoms. The van der Waals surface area contributed by atoms with Crippen LogP contribution in [-0.2, 0) is 16.1 Å². The van der Waals surface area contributed by atoms with Gasteiger partial charge in [0.1, 0.15) is 0 Å². The third-order valence-electron chi connectivity index (χ3n) is 5.32. The van der Waals surface area contributed by atoms with Gasteiger partial charge in [0.2, 0.25) is 11.8 Å². The van der Waals surface area contributed by atoms with Crippen molar-refractivity contribution in [3.8, 4) is 0 Å². The summed E-state index contributed by atoms with van der Waals surface area (Å²) in [6.45, 7) is 4.23. The van der Waals surface area contributed by atoms with Gasteiger partial charge in [0.05, 0.1) is 24.7 Å². The Hall–Kier alpha value is -1.85. The van der Waals surface area contributed by atoms with Gasteiger partial charge in [0.15, 0.2) is 0 Å². The summed E-state index contributed by atoms with van der Waals surface area (Å²) in [4.78, 5) is 28.9. The molecular weight excluding hydrogens is 292 g/mol. The van der Waals surface area contributed by atoms with Crippen molar-refractivity contribution in [3.63, 3.8) is 0 Å². The first-order chi connectivity index (χ1) is 11.1. The van der Waals surface area contributed by atoms with Gasteiger partial charge in [-0.15, -0.1) is 0 Å². The van der Waals surface area contributed by atoms with Crippen LogP contribution in [0.4, 0.5) is 0 Å². The van der Waals surface area contributed by atoms with E-state index in [1.54, 1.807) is 0 Å². The Morgan fingerprint density at radius 2 is 2.17 bits per heavy atom. The number of carbonyl (C=O) groups excluding carboxylic acids is 2. The predicted octanol–water partition coefficient (Wildman–Crippen LogP) is 1.19. The maximum atomic E-state index is 12.9. The minimum Gasteiger partial charge on any atom is -0.339 e. The molecule has 6 nitrogen and oxygen atoms in total. The molecule has 0 unspecified atom stereocenters. The van der Waals surface area contributed by atoms with Crippen molar-refractivity contribution in [3.05, 3.63) is 18.0 Å². The first kappa shape index (κ1) is 14.7.